The summed E-state index contributed by atoms with van der Waals surface area (Å²) in [4.78, 5) is 16.4. The third-order valence-electron chi connectivity index (χ3n) is 3.76. The fourth-order valence-corrected chi connectivity index (χ4v) is 2.91. The number of carbonyl (C=O) groups excluding carboxylic acids is 1. The van der Waals surface area contributed by atoms with Crippen molar-refractivity contribution in [3.8, 4) is 0 Å². The summed E-state index contributed by atoms with van der Waals surface area (Å²) in [5.41, 5.74) is 0.927. The molecule has 1 N–H and O–H groups in total. The van der Waals surface area contributed by atoms with E-state index in [-0.39, 0.29) is 11.8 Å². The molecule has 2 bridgehead atoms. The van der Waals surface area contributed by atoms with E-state index in [0.29, 0.717) is 17.7 Å². The van der Waals surface area contributed by atoms with Crippen molar-refractivity contribution in [1.82, 2.24) is 4.98 Å². The summed E-state index contributed by atoms with van der Waals surface area (Å²) in [6, 6.07) is 5.68. The molecule has 0 radical (unpaired) electrons. The van der Waals surface area contributed by atoms with Crippen LogP contribution in [0.1, 0.15) is 18.5 Å². The number of nitrogens with zero attached hydrogens (tertiary/aromatic N) is 1. The first-order chi connectivity index (χ1) is 8.22. The van der Waals surface area contributed by atoms with Gasteiger partial charge >= 0.3 is 0 Å². The summed E-state index contributed by atoms with van der Waals surface area (Å²) in [6.45, 7) is 1.93. The Hall–Kier alpha value is -1.64. The van der Waals surface area contributed by atoms with Crippen LogP contribution in [0.4, 0.5) is 5.82 Å². The normalized spacial score (nSPS) is 29.6. The molecule has 2 aliphatic carbocycles. The lowest BCUT2D eigenvalue weighted by atomic mass is 9.93. The second kappa shape index (κ2) is 3.99. The zero-order chi connectivity index (χ0) is 11.8. The van der Waals surface area contributed by atoms with Crippen LogP contribution in [0.5, 0.6) is 0 Å². The number of hydrogen-bond acceptors (Lipinski definition) is 2. The first-order valence-electron chi connectivity index (χ1n) is 6.15. The number of aromatic nitrogens is 1. The highest BCUT2D eigenvalue weighted by atomic mass is 16.2. The van der Waals surface area contributed by atoms with Gasteiger partial charge in [-0.15, -0.1) is 0 Å². The molecule has 3 heteroatoms. The molecule has 3 nitrogen and oxygen atoms in total. The third kappa shape index (κ3) is 1.97. The molecule has 1 amide bonds. The minimum absolute atomic E-state index is 0.125. The van der Waals surface area contributed by atoms with Gasteiger partial charge in [0.1, 0.15) is 5.82 Å². The Morgan fingerprint density at radius 3 is 2.88 bits per heavy atom. The van der Waals surface area contributed by atoms with Gasteiger partial charge in [-0.2, -0.15) is 0 Å². The molecule has 3 unspecified atom stereocenters. The van der Waals surface area contributed by atoms with Gasteiger partial charge in [0.15, 0.2) is 0 Å². The molecular weight excluding hydrogens is 212 g/mol. The number of anilines is 1. The van der Waals surface area contributed by atoms with Crippen molar-refractivity contribution in [2.75, 3.05) is 5.32 Å². The minimum atomic E-state index is 0.125. The van der Waals surface area contributed by atoms with Crippen LogP contribution < -0.4 is 5.32 Å². The van der Waals surface area contributed by atoms with Gasteiger partial charge in [-0.3, -0.25) is 4.79 Å². The fraction of sp³-hybridized carbons (Fsp3) is 0.429. The molecule has 0 aliphatic heterocycles. The van der Waals surface area contributed by atoms with Crippen molar-refractivity contribution >= 4 is 11.7 Å². The van der Waals surface area contributed by atoms with Crippen LogP contribution in [-0.2, 0) is 4.79 Å². The standard InChI is InChI=1S/C14H16N2O/c1-9-3-2-4-13(15-9)16-14(17)12-8-10-5-6-11(12)7-10/h2-6,10-12H,7-8H2,1H3,(H,15,16,17). The topological polar surface area (TPSA) is 42.0 Å². The highest BCUT2D eigenvalue weighted by Crippen LogP contribution is 2.43. The lowest BCUT2D eigenvalue weighted by Crippen LogP contribution is -2.26. The van der Waals surface area contributed by atoms with Crippen molar-refractivity contribution in [3.05, 3.63) is 36.0 Å². The van der Waals surface area contributed by atoms with E-state index in [2.05, 4.69) is 22.5 Å². The Kier molecular flexibility index (Phi) is 2.46. The summed E-state index contributed by atoms with van der Waals surface area (Å²) < 4.78 is 0. The zero-order valence-corrected chi connectivity index (χ0v) is 9.89. The van der Waals surface area contributed by atoms with E-state index >= 15 is 0 Å². The summed E-state index contributed by atoms with van der Waals surface area (Å²) >= 11 is 0. The predicted octanol–water partition coefficient (Wildman–Crippen LogP) is 2.54. The Balaban J connectivity index is 1.70. The second-order valence-electron chi connectivity index (χ2n) is 5.04. The maximum Gasteiger partial charge on any atom is 0.229 e. The summed E-state index contributed by atoms with van der Waals surface area (Å²) in [7, 11) is 0. The van der Waals surface area contributed by atoms with Crippen LogP contribution in [-0.4, -0.2) is 10.9 Å². The number of carbonyl (C=O) groups is 1. The summed E-state index contributed by atoms with van der Waals surface area (Å²) in [5, 5.41) is 2.93. The largest absolute Gasteiger partial charge is 0.310 e. The molecule has 1 fully saturated rings. The van der Waals surface area contributed by atoms with Gasteiger partial charge in [-0.25, -0.2) is 4.98 Å². The Morgan fingerprint density at radius 2 is 2.24 bits per heavy atom. The highest BCUT2D eigenvalue weighted by molar-refractivity contribution is 5.92. The molecule has 1 heterocycles. The number of hydrogen-bond donors (Lipinski definition) is 1. The van der Waals surface area contributed by atoms with Gasteiger partial charge < -0.3 is 5.32 Å². The van der Waals surface area contributed by atoms with Crippen LogP contribution in [0.15, 0.2) is 30.4 Å². The molecule has 1 saturated carbocycles. The van der Waals surface area contributed by atoms with E-state index in [1.54, 1.807) is 0 Å². The van der Waals surface area contributed by atoms with Gasteiger partial charge in [0, 0.05) is 11.6 Å². The average Bonchev–Trinajstić information content (AvgIpc) is 2.90. The van der Waals surface area contributed by atoms with E-state index in [0.717, 1.165) is 18.5 Å². The molecule has 3 atom stereocenters. The van der Waals surface area contributed by atoms with Gasteiger partial charge in [-0.1, -0.05) is 18.2 Å². The number of fused-ring (bicyclic) bond motifs is 2. The Morgan fingerprint density at radius 1 is 1.35 bits per heavy atom. The maximum atomic E-state index is 12.1. The fourth-order valence-electron chi connectivity index (χ4n) is 2.91. The van der Waals surface area contributed by atoms with Gasteiger partial charge in [0.25, 0.3) is 0 Å². The van der Waals surface area contributed by atoms with Crippen LogP contribution in [0.2, 0.25) is 0 Å². The Labute approximate surface area is 101 Å². The quantitative estimate of drug-likeness (QED) is 0.790. The van der Waals surface area contributed by atoms with Crippen LogP contribution in [0.3, 0.4) is 0 Å². The van der Waals surface area contributed by atoms with E-state index in [1.807, 2.05) is 25.1 Å². The average molecular weight is 228 g/mol. The molecular formula is C14H16N2O. The molecule has 17 heavy (non-hydrogen) atoms. The number of pyridine rings is 1. The zero-order valence-electron chi connectivity index (χ0n) is 9.89. The van der Waals surface area contributed by atoms with E-state index in [9.17, 15) is 4.79 Å². The summed E-state index contributed by atoms with van der Waals surface area (Å²) in [6.07, 6.45) is 6.60. The predicted molar refractivity (Wildman–Crippen MR) is 66.4 cm³/mol. The van der Waals surface area contributed by atoms with Crippen LogP contribution >= 0.6 is 0 Å². The van der Waals surface area contributed by atoms with E-state index in [4.69, 9.17) is 0 Å². The van der Waals surface area contributed by atoms with Gasteiger partial charge in [0.05, 0.1) is 0 Å². The Bertz CT molecular complexity index is 481. The first-order valence-corrected chi connectivity index (χ1v) is 6.15. The molecule has 0 saturated heterocycles. The minimum Gasteiger partial charge on any atom is -0.310 e. The second-order valence-corrected chi connectivity index (χ2v) is 5.04. The monoisotopic (exact) mass is 228 g/mol. The maximum absolute atomic E-state index is 12.1. The molecule has 88 valence electrons. The van der Waals surface area contributed by atoms with Crippen molar-refractivity contribution in [2.24, 2.45) is 17.8 Å². The smallest absolute Gasteiger partial charge is 0.229 e. The third-order valence-corrected chi connectivity index (χ3v) is 3.76. The van der Waals surface area contributed by atoms with E-state index < -0.39 is 0 Å². The number of nitrogens with one attached hydrogen (secondary N) is 1. The molecule has 0 spiro atoms. The van der Waals surface area contributed by atoms with Crippen molar-refractivity contribution < 1.29 is 4.79 Å². The molecule has 2 aliphatic rings. The summed E-state index contributed by atoms with van der Waals surface area (Å²) in [5.74, 6) is 2.01. The number of rotatable bonds is 2. The van der Waals surface area contributed by atoms with Crippen molar-refractivity contribution in [1.29, 1.82) is 0 Å². The first kappa shape index (κ1) is 10.5. The van der Waals surface area contributed by atoms with Crippen molar-refractivity contribution in [2.45, 2.75) is 19.8 Å². The number of aryl methyl sites for hydroxylation is 1. The van der Waals surface area contributed by atoms with Crippen LogP contribution in [0.25, 0.3) is 0 Å². The lowest BCUT2D eigenvalue weighted by Gasteiger charge is -2.17. The van der Waals surface area contributed by atoms with Crippen molar-refractivity contribution in [3.63, 3.8) is 0 Å². The molecule has 1 aromatic heterocycles. The number of amides is 1. The SMILES string of the molecule is Cc1cccc(NC(=O)C2CC3C=CC2C3)n1. The molecule has 0 aromatic carbocycles. The van der Waals surface area contributed by atoms with Gasteiger partial charge in [0.2, 0.25) is 5.91 Å². The molecule has 1 aromatic rings. The van der Waals surface area contributed by atoms with E-state index in [1.165, 1.54) is 0 Å². The number of allylic oxidation sites excluding steroid dienone is 2. The lowest BCUT2D eigenvalue weighted by molar-refractivity contribution is -0.120. The highest BCUT2D eigenvalue weighted by Gasteiger charge is 2.39. The molecule has 3 rings (SSSR count). The van der Waals surface area contributed by atoms with Gasteiger partial charge in [-0.05, 0) is 43.7 Å². The van der Waals surface area contributed by atoms with Crippen LogP contribution in [0, 0.1) is 24.7 Å².